The Morgan fingerprint density at radius 1 is 0.867 bits per heavy atom. The summed E-state index contributed by atoms with van der Waals surface area (Å²) >= 11 is 0. The number of methoxy groups -OCH3 is 1. The summed E-state index contributed by atoms with van der Waals surface area (Å²) < 4.78 is 56.8. The van der Waals surface area contributed by atoms with Crippen LogP contribution in [-0.4, -0.2) is 28.7 Å². The van der Waals surface area contributed by atoms with E-state index in [1.807, 2.05) is 0 Å². The van der Waals surface area contributed by atoms with Crippen LogP contribution in [0, 0.1) is 5.82 Å². The lowest BCUT2D eigenvalue weighted by Gasteiger charge is -2.11. The van der Waals surface area contributed by atoms with Crippen LogP contribution in [0.3, 0.4) is 0 Å². The highest BCUT2D eigenvalue weighted by molar-refractivity contribution is 7.92. The van der Waals surface area contributed by atoms with Crippen LogP contribution >= 0.6 is 0 Å². The smallest absolute Gasteiger partial charge is 0.261 e. The van der Waals surface area contributed by atoms with E-state index >= 15 is 0 Å². The Bertz CT molecular complexity index is 1050. The van der Waals surface area contributed by atoms with Gasteiger partial charge in [-0.15, -0.1) is 0 Å². The van der Waals surface area contributed by atoms with Gasteiger partial charge in [-0.3, -0.25) is 4.72 Å². The molecule has 0 aliphatic heterocycles. The zero-order valence-corrected chi connectivity index (χ0v) is 17.2. The van der Waals surface area contributed by atoms with Gasteiger partial charge in [0.15, 0.2) is 0 Å². The lowest BCUT2D eigenvalue weighted by molar-refractivity contribution is 0.146. The molecule has 0 fully saturated rings. The van der Waals surface area contributed by atoms with Gasteiger partial charge in [0.1, 0.15) is 30.5 Å². The molecule has 0 aromatic heterocycles. The monoisotopic (exact) mass is 431 g/mol. The highest BCUT2D eigenvalue weighted by atomic mass is 32.2. The van der Waals surface area contributed by atoms with Crippen LogP contribution in [0.1, 0.15) is 5.56 Å². The topological polar surface area (TPSA) is 73.9 Å². The number of hydrogen-bond acceptors (Lipinski definition) is 5. The Morgan fingerprint density at radius 3 is 2.30 bits per heavy atom. The fourth-order valence-corrected chi connectivity index (χ4v) is 3.62. The van der Waals surface area contributed by atoms with Crippen molar-refractivity contribution in [3.63, 3.8) is 0 Å². The maximum atomic E-state index is 13.0. The standard InChI is InChI=1S/C22H22FNO5S/c1-27-13-14-28-20-9-11-22(12-10-20)30(25,26)24-19-3-2-4-21(15-19)29-16-17-5-7-18(23)8-6-17/h2-12,15,24H,13-14,16H2,1H3. The van der Waals surface area contributed by atoms with E-state index in [2.05, 4.69) is 4.72 Å². The Balaban J connectivity index is 1.63. The van der Waals surface area contributed by atoms with E-state index in [9.17, 15) is 12.8 Å². The number of benzene rings is 3. The molecular weight excluding hydrogens is 409 g/mol. The third-order valence-electron chi connectivity index (χ3n) is 4.10. The highest BCUT2D eigenvalue weighted by Crippen LogP contribution is 2.23. The Kier molecular flexibility index (Phi) is 7.26. The summed E-state index contributed by atoms with van der Waals surface area (Å²) in [4.78, 5) is 0.110. The van der Waals surface area contributed by atoms with E-state index in [4.69, 9.17) is 14.2 Å². The maximum absolute atomic E-state index is 13.0. The average Bonchev–Trinajstić information content (AvgIpc) is 2.74. The lowest BCUT2D eigenvalue weighted by atomic mass is 10.2. The van der Waals surface area contributed by atoms with Crippen LogP contribution in [-0.2, 0) is 21.4 Å². The molecule has 0 heterocycles. The van der Waals surface area contributed by atoms with Crippen molar-refractivity contribution in [2.24, 2.45) is 0 Å². The van der Waals surface area contributed by atoms with Crippen molar-refractivity contribution in [3.8, 4) is 11.5 Å². The molecule has 8 heteroatoms. The first-order chi connectivity index (χ1) is 14.5. The molecule has 0 saturated carbocycles. The molecule has 0 aliphatic rings. The van der Waals surface area contributed by atoms with Crippen LogP contribution in [0.25, 0.3) is 0 Å². The van der Waals surface area contributed by atoms with Gasteiger partial charge in [-0.1, -0.05) is 18.2 Å². The van der Waals surface area contributed by atoms with Crippen molar-refractivity contribution in [2.75, 3.05) is 25.0 Å². The number of ether oxygens (including phenoxy) is 3. The molecule has 6 nitrogen and oxygen atoms in total. The number of anilines is 1. The number of nitrogens with one attached hydrogen (secondary N) is 1. The first-order valence-electron chi connectivity index (χ1n) is 9.18. The Labute approximate surface area is 175 Å². The van der Waals surface area contributed by atoms with Crippen molar-refractivity contribution < 1.29 is 27.0 Å². The number of rotatable bonds is 10. The van der Waals surface area contributed by atoms with Crippen molar-refractivity contribution in [3.05, 3.63) is 84.2 Å². The first-order valence-corrected chi connectivity index (χ1v) is 10.7. The molecule has 1 N–H and O–H groups in total. The minimum Gasteiger partial charge on any atom is -0.491 e. The van der Waals surface area contributed by atoms with E-state index < -0.39 is 10.0 Å². The van der Waals surface area contributed by atoms with Gasteiger partial charge in [0, 0.05) is 13.2 Å². The molecule has 3 aromatic rings. The van der Waals surface area contributed by atoms with Gasteiger partial charge in [0.25, 0.3) is 10.0 Å². The second-order valence-corrected chi connectivity index (χ2v) is 8.04. The fraction of sp³-hybridized carbons (Fsp3) is 0.182. The zero-order chi connectivity index (χ0) is 21.4. The number of halogens is 1. The molecule has 0 atom stereocenters. The Hall–Kier alpha value is -3.10. The summed E-state index contributed by atoms with van der Waals surface area (Å²) in [7, 11) is -2.19. The minimum atomic E-state index is -3.77. The van der Waals surface area contributed by atoms with Crippen molar-refractivity contribution >= 4 is 15.7 Å². The fourth-order valence-electron chi connectivity index (χ4n) is 2.57. The predicted octanol–water partition coefficient (Wildman–Crippen LogP) is 4.23. The predicted molar refractivity (Wildman–Crippen MR) is 112 cm³/mol. The summed E-state index contributed by atoms with van der Waals surface area (Å²) in [5, 5.41) is 0. The molecule has 3 rings (SSSR count). The molecule has 0 spiro atoms. The van der Waals surface area contributed by atoms with E-state index in [0.717, 1.165) is 5.56 Å². The van der Waals surface area contributed by atoms with E-state index in [1.54, 1.807) is 55.6 Å². The summed E-state index contributed by atoms with van der Waals surface area (Å²) in [6.07, 6.45) is 0. The molecule has 0 saturated heterocycles. The largest absolute Gasteiger partial charge is 0.491 e. The third-order valence-corrected chi connectivity index (χ3v) is 5.49. The van der Waals surface area contributed by atoms with Crippen LogP contribution in [0.2, 0.25) is 0 Å². The van der Waals surface area contributed by atoms with Gasteiger partial charge in [0.05, 0.1) is 17.2 Å². The van der Waals surface area contributed by atoms with Crippen LogP contribution in [0.15, 0.2) is 77.7 Å². The van der Waals surface area contributed by atoms with Crippen molar-refractivity contribution in [2.45, 2.75) is 11.5 Å². The summed E-state index contributed by atoms with van der Waals surface area (Å²) in [5.41, 5.74) is 1.17. The quantitative estimate of drug-likeness (QED) is 0.486. The first kappa shape index (κ1) is 21.6. The second kappa shape index (κ2) is 10.1. The minimum absolute atomic E-state index is 0.110. The molecule has 158 valence electrons. The van der Waals surface area contributed by atoms with Crippen molar-refractivity contribution in [1.29, 1.82) is 0 Å². The van der Waals surface area contributed by atoms with Gasteiger partial charge in [-0.25, -0.2) is 12.8 Å². The van der Waals surface area contributed by atoms with Gasteiger partial charge in [-0.2, -0.15) is 0 Å². The molecular formula is C22H22FNO5S. The SMILES string of the molecule is COCCOc1ccc(S(=O)(=O)Nc2cccc(OCc3ccc(F)cc3)c2)cc1. The maximum Gasteiger partial charge on any atom is 0.261 e. The molecule has 0 amide bonds. The van der Waals surface area contributed by atoms with Gasteiger partial charge in [0.2, 0.25) is 0 Å². The highest BCUT2D eigenvalue weighted by Gasteiger charge is 2.14. The molecule has 3 aromatic carbocycles. The van der Waals surface area contributed by atoms with Gasteiger partial charge < -0.3 is 14.2 Å². The van der Waals surface area contributed by atoms with E-state index in [0.29, 0.717) is 30.4 Å². The summed E-state index contributed by atoms with van der Waals surface area (Å²) in [6.45, 7) is 1.06. The average molecular weight is 431 g/mol. The molecule has 0 radical (unpaired) electrons. The van der Waals surface area contributed by atoms with E-state index in [-0.39, 0.29) is 17.3 Å². The molecule has 0 unspecified atom stereocenters. The van der Waals surface area contributed by atoms with Crippen molar-refractivity contribution in [1.82, 2.24) is 0 Å². The summed E-state index contributed by atoms with van der Waals surface area (Å²) in [6, 6.07) is 18.7. The normalized spacial score (nSPS) is 11.1. The number of hydrogen-bond donors (Lipinski definition) is 1. The second-order valence-electron chi connectivity index (χ2n) is 6.36. The molecule has 0 aliphatic carbocycles. The van der Waals surface area contributed by atoms with Crippen LogP contribution in [0.4, 0.5) is 10.1 Å². The van der Waals surface area contributed by atoms with Gasteiger partial charge in [-0.05, 0) is 54.1 Å². The zero-order valence-electron chi connectivity index (χ0n) is 16.4. The van der Waals surface area contributed by atoms with Crippen LogP contribution in [0.5, 0.6) is 11.5 Å². The third kappa shape index (κ3) is 6.20. The van der Waals surface area contributed by atoms with Crippen LogP contribution < -0.4 is 14.2 Å². The van der Waals surface area contributed by atoms with Gasteiger partial charge >= 0.3 is 0 Å². The van der Waals surface area contributed by atoms with E-state index in [1.165, 1.54) is 24.3 Å². The Morgan fingerprint density at radius 2 is 1.60 bits per heavy atom. The number of sulfonamides is 1. The molecule has 0 bridgehead atoms. The lowest BCUT2D eigenvalue weighted by Crippen LogP contribution is -2.13. The summed E-state index contributed by atoms with van der Waals surface area (Å²) in [5.74, 6) is 0.730. The molecule has 30 heavy (non-hydrogen) atoms.